The fourth-order valence-corrected chi connectivity index (χ4v) is 7.47. The number of nitrogens with zero attached hydrogens (tertiary/aromatic N) is 3. The van der Waals surface area contributed by atoms with Crippen LogP contribution >= 0.6 is 0 Å². The van der Waals surface area contributed by atoms with E-state index in [1.54, 1.807) is 24.8 Å². The molecule has 2 heterocycles. The monoisotopic (exact) mass is 693 g/mol. The molecule has 4 rings (SSSR count). The third-order valence-electron chi connectivity index (χ3n) is 10.8. The molecule has 2 aliphatic heterocycles. The Labute approximate surface area is 288 Å². The lowest BCUT2D eigenvalue weighted by atomic mass is 9.75. The molecule has 1 aromatic carbocycles. The molecule has 3 fully saturated rings. The van der Waals surface area contributed by atoms with Crippen LogP contribution in [0.25, 0.3) is 0 Å². The number of amides is 3. The Kier molecular flexibility index (Phi) is 14.0. The van der Waals surface area contributed by atoms with E-state index < -0.39 is 53.6 Å². The second-order valence-electron chi connectivity index (χ2n) is 14.1. The van der Waals surface area contributed by atoms with E-state index in [0.29, 0.717) is 64.2 Å². The molecule has 10 nitrogen and oxygen atoms in total. The maximum atomic E-state index is 15.6. The van der Waals surface area contributed by atoms with Crippen molar-refractivity contribution in [1.82, 2.24) is 20.0 Å². The van der Waals surface area contributed by atoms with Crippen molar-refractivity contribution < 1.29 is 37.5 Å². The molecular formula is C36H54F3N5O5. The number of likely N-dealkylation sites (N-methyl/N-ethyl adjacent to an activating group) is 1. The van der Waals surface area contributed by atoms with Crippen molar-refractivity contribution in [2.45, 2.75) is 89.5 Å². The molecule has 3 amide bonds. The zero-order valence-corrected chi connectivity index (χ0v) is 29.2. The van der Waals surface area contributed by atoms with Crippen molar-refractivity contribution in [3.05, 3.63) is 29.6 Å². The zero-order valence-electron chi connectivity index (χ0n) is 29.2. The summed E-state index contributed by atoms with van der Waals surface area (Å²) in [6, 6.07) is 3.28. The average Bonchev–Trinajstić information content (AvgIpc) is 3.10. The number of piperazine rings is 1. The number of nitrogens with one attached hydrogen (secondary N) is 2. The molecule has 3 atom stereocenters. The van der Waals surface area contributed by atoms with E-state index in [1.807, 2.05) is 11.9 Å². The number of carbonyl (C=O) groups is 4. The first-order chi connectivity index (χ1) is 23.3. The molecule has 1 saturated carbocycles. The van der Waals surface area contributed by atoms with Gasteiger partial charge in [0.2, 0.25) is 23.5 Å². The van der Waals surface area contributed by atoms with Crippen LogP contribution in [0.3, 0.4) is 0 Å². The highest BCUT2D eigenvalue weighted by atomic mass is 19.3. The van der Waals surface area contributed by atoms with E-state index in [4.69, 9.17) is 5.11 Å². The Hall–Kier alpha value is -3.03. The first-order valence-electron chi connectivity index (χ1n) is 18.0. The van der Waals surface area contributed by atoms with Crippen molar-refractivity contribution in [1.29, 1.82) is 0 Å². The van der Waals surface area contributed by atoms with Crippen LogP contribution in [0.5, 0.6) is 0 Å². The Bertz CT molecular complexity index is 1290. The topological polar surface area (TPSA) is 122 Å². The van der Waals surface area contributed by atoms with Crippen molar-refractivity contribution in [2.75, 3.05) is 64.8 Å². The second kappa shape index (κ2) is 17.8. The van der Waals surface area contributed by atoms with Gasteiger partial charge in [-0.15, -0.1) is 0 Å². The number of hydrogen-bond acceptors (Lipinski definition) is 7. The first kappa shape index (κ1) is 38.8. The molecule has 0 aromatic heterocycles. The number of hydrogen-bond donors (Lipinski definition) is 3. The molecule has 3 N–H and O–H groups in total. The molecule has 0 bridgehead atoms. The minimum Gasteiger partial charge on any atom is -0.395 e. The number of piperidine rings is 1. The highest BCUT2D eigenvalue weighted by Gasteiger charge is 2.49. The summed E-state index contributed by atoms with van der Waals surface area (Å²) in [6.07, 6.45) is 3.68. The van der Waals surface area contributed by atoms with Crippen LogP contribution in [-0.2, 0) is 19.2 Å². The summed E-state index contributed by atoms with van der Waals surface area (Å²) < 4.78 is 46.7. The quantitative estimate of drug-likeness (QED) is 0.269. The Morgan fingerprint density at radius 2 is 1.63 bits per heavy atom. The highest BCUT2D eigenvalue weighted by Crippen LogP contribution is 2.39. The third kappa shape index (κ3) is 10.0. The number of anilines is 1. The van der Waals surface area contributed by atoms with Crippen LogP contribution in [0.2, 0.25) is 0 Å². The summed E-state index contributed by atoms with van der Waals surface area (Å²) in [5.74, 6) is -9.84. The largest absolute Gasteiger partial charge is 0.395 e. The summed E-state index contributed by atoms with van der Waals surface area (Å²) >= 11 is 0. The lowest BCUT2D eigenvalue weighted by molar-refractivity contribution is -0.157. The van der Waals surface area contributed by atoms with Gasteiger partial charge in [-0.05, 0) is 69.4 Å². The molecule has 0 unspecified atom stereocenters. The molecule has 2 saturated heterocycles. The fourth-order valence-electron chi connectivity index (χ4n) is 7.47. The number of aliphatic hydroxyl groups excluding tert-OH is 1. The summed E-state index contributed by atoms with van der Waals surface area (Å²) in [4.78, 5) is 58.5. The predicted octanol–water partition coefficient (Wildman–Crippen LogP) is 4.03. The van der Waals surface area contributed by atoms with E-state index in [0.717, 1.165) is 19.3 Å². The average molecular weight is 694 g/mol. The van der Waals surface area contributed by atoms with Crippen LogP contribution in [0.1, 0.15) is 83.1 Å². The van der Waals surface area contributed by atoms with E-state index in [1.165, 1.54) is 12.1 Å². The van der Waals surface area contributed by atoms with Crippen molar-refractivity contribution >= 4 is 29.2 Å². The summed E-state index contributed by atoms with van der Waals surface area (Å²) in [5, 5.41) is 14.6. The second-order valence-corrected chi connectivity index (χ2v) is 14.1. The van der Waals surface area contributed by atoms with Crippen LogP contribution in [0, 0.1) is 23.6 Å². The minimum absolute atomic E-state index is 0.0607. The number of alkyl halides is 2. The number of Topliss-reactive ketones (excluding diaryl/α,β-unsaturated/α-hetero) is 1. The molecule has 3 aliphatic rings. The maximum Gasteiger partial charge on any atom is 0.308 e. The van der Waals surface area contributed by atoms with Gasteiger partial charge in [0.25, 0.3) is 0 Å². The zero-order chi connectivity index (χ0) is 35.7. The van der Waals surface area contributed by atoms with Gasteiger partial charge in [0.1, 0.15) is 11.9 Å². The molecule has 0 spiro atoms. The third-order valence-corrected chi connectivity index (χ3v) is 10.8. The summed E-state index contributed by atoms with van der Waals surface area (Å²) in [5.41, 5.74) is 0.305. The van der Waals surface area contributed by atoms with Gasteiger partial charge in [0, 0.05) is 63.3 Å². The van der Waals surface area contributed by atoms with E-state index in [2.05, 4.69) is 15.5 Å². The molecule has 1 aromatic rings. The van der Waals surface area contributed by atoms with Gasteiger partial charge in [-0.2, -0.15) is 8.78 Å². The Balaban J connectivity index is 1.48. The number of aliphatic hydroxyl groups is 1. The highest BCUT2D eigenvalue weighted by molar-refractivity contribution is 5.97. The number of β-amino-alcohol motifs (C(OH)–C–C–N with tert-alkyl or cyclic N) is 1. The van der Waals surface area contributed by atoms with E-state index in [9.17, 15) is 19.2 Å². The van der Waals surface area contributed by atoms with Crippen LogP contribution < -0.4 is 10.6 Å². The van der Waals surface area contributed by atoms with Gasteiger partial charge in [0.15, 0.2) is 0 Å². The normalized spacial score (nSPS) is 20.8. The van der Waals surface area contributed by atoms with E-state index >= 15 is 13.2 Å². The lowest BCUT2D eigenvalue weighted by Crippen LogP contribution is -2.55. The van der Waals surface area contributed by atoms with Gasteiger partial charge in [-0.1, -0.05) is 39.2 Å². The van der Waals surface area contributed by atoms with Crippen LogP contribution in [0.4, 0.5) is 18.9 Å². The number of benzene rings is 1. The molecule has 274 valence electrons. The lowest BCUT2D eigenvalue weighted by Gasteiger charge is -2.36. The first-order valence-corrected chi connectivity index (χ1v) is 18.0. The molecule has 13 heteroatoms. The Morgan fingerprint density at radius 1 is 0.980 bits per heavy atom. The molecule has 1 aliphatic carbocycles. The molecule has 0 radical (unpaired) electrons. The fraction of sp³-hybridized carbons (Fsp3) is 0.722. The van der Waals surface area contributed by atoms with Gasteiger partial charge in [0.05, 0.1) is 12.3 Å². The van der Waals surface area contributed by atoms with Crippen molar-refractivity contribution in [3.8, 4) is 0 Å². The van der Waals surface area contributed by atoms with E-state index in [-0.39, 0.29) is 49.3 Å². The molecule has 49 heavy (non-hydrogen) atoms. The maximum absolute atomic E-state index is 15.6. The predicted molar refractivity (Wildman–Crippen MR) is 181 cm³/mol. The van der Waals surface area contributed by atoms with Crippen LogP contribution in [0.15, 0.2) is 18.2 Å². The van der Waals surface area contributed by atoms with Crippen molar-refractivity contribution in [3.63, 3.8) is 0 Å². The summed E-state index contributed by atoms with van der Waals surface area (Å²) in [7, 11) is 1.97. The van der Waals surface area contributed by atoms with Crippen molar-refractivity contribution in [2.24, 2.45) is 17.8 Å². The van der Waals surface area contributed by atoms with Gasteiger partial charge >= 0.3 is 5.92 Å². The standard InChI is InChI=1S/C36H54F3N5O5/c1-4-32(47)41-33(35(49)44-18-16-42(3)17-19-44)24(2)26-10-11-30(29(37)22-26)40-34(48)28(25-8-6-5-7-9-25)23-31(46)36(38,39)27-12-14-43(15-13-27)20-21-45/h10-11,22,24-25,27-28,33,45H,4-9,12-21,23H2,1-3H3,(H,40,48)(H,41,47)/t24-,28-,33+/m0/s1. The van der Waals surface area contributed by atoms with Gasteiger partial charge in [-0.25, -0.2) is 4.39 Å². The number of ketones is 1. The Morgan fingerprint density at radius 3 is 2.22 bits per heavy atom. The summed E-state index contributed by atoms with van der Waals surface area (Å²) in [6.45, 7) is 6.93. The number of rotatable bonds is 14. The smallest absolute Gasteiger partial charge is 0.308 e. The van der Waals surface area contributed by atoms with Gasteiger partial charge < -0.3 is 30.4 Å². The molecular weight excluding hydrogens is 639 g/mol. The van der Waals surface area contributed by atoms with Crippen LogP contribution in [-0.4, -0.2) is 115 Å². The number of halogens is 3. The minimum atomic E-state index is -3.59. The number of carbonyl (C=O) groups excluding carboxylic acids is 4. The number of likely N-dealkylation sites (tertiary alicyclic amines) is 1. The SMILES string of the molecule is CCC(=O)N[C@@H](C(=O)N1CCN(C)CC1)[C@@H](C)c1ccc(NC(=O)[C@@H](CC(=O)C(F)(F)C2CCN(CCO)CC2)C2CCCCC2)c(F)c1. The van der Waals surface area contributed by atoms with Gasteiger partial charge in [-0.3, -0.25) is 19.2 Å².